The first-order valence-electron chi connectivity index (χ1n) is 21.4. The topological polar surface area (TPSA) is 111 Å². The molecule has 4 saturated carbocycles. The largest absolute Gasteiger partial charge is 0.478 e. The Morgan fingerprint density at radius 1 is 0.600 bits per heavy atom. The Morgan fingerprint density at radius 3 is 1.49 bits per heavy atom. The second kappa shape index (κ2) is 20.7. The second-order valence-corrected chi connectivity index (χ2v) is 16.9. The van der Waals surface area contributed by atoms with Gasteiger partial charge in [0, 0.05) is 24.2 Å². The highest BCUT2D eigenvalue weighted by atomic mass is 35.5. The lowest BCUT2D eigenvalue weighted by molar-refractivity contribution is 0.0683. The van der Waals surface area contributed by atoms with Crippen molar-refractivity contribution in [3.8, 4) is 0 Å². The lowest BCUT2D eigenvalue weighted by Crippen LogP contribution is -2.45. The Bertz CT molecular complexity index is 1750. The van der Waals surface area contributed by atoms with E-state index in [1.165, 1.54) is 141 Å². The van der Waals surface area contributed by atoms with Crippen molar-refractivity contribution in [2.24, 2.45) is 0 Å². The Hall–Kier alpha value is -2.65. The SMILES string of the molecule is Cl.Cl.O=C(O)c1ccc2oc3cc(CCCN(C4CCCCC4)C4CCCCC4)c(C(=O)O)c(CCCN(C4CCCCC4)C4CCCCC4)c3c(=O)c2c1. The van der Waals surface area contributed by atoms with Gasteiger partial charge in [-0.3, -0.25) is 14.6 Å². The van der Waals surface area contributed by atoms with E-state index in [9.17, 15) is 24.6 Å². The van der Waals surface area contributed by atoms with Gasteiger partial charge >= 0.3 is 11.9 Å². The average molecular weight is 800 g/mol. The summed E-state index contributed by atoms with van der Waals surface area (Å²) in [5.74, 6) is -2.11. The molecule has 0 saturated heterocycles. The molecule has 10 heteroatoms. The van der Waals surface area contributed by atoms with Crippen LogP contribution in [-0.2, 0) is 12.8 Å². The van der Waals surface area contributed by atoms with Crippen LogP contribution in [0.1, 0.15) is 173 Å². The number of carboxylic acid groups (broad SMARTS) is 2. The quantitative estimate of drug-likeness (QED) is 0.155. The van der Waals surface area contributed by atoms with Crippen LogP contribution in [0.15, 0.2) is 33.5 Å². The maximum atomic E-state index is 14.4. The lowest BCUT2D eigenvalue weighted by atomic mass is 9.87. The van der Waals surface area contributed by atoms with Crippen LogP contribution in [0.3, 0.4) is 0 Å². The van der Waals surface area contributed by atoms with Crippen LogP contribution in [0.25, 0.3) is 21.9 Å². The number of halogens is 2. The molecule has 0 unspecified atom stereocenters. The van der Waals surface area contributed by atoms with Crippen LogP contribution in [0, 0.1) is 0 Å². The smallest absolute Gasteiger partial charge is 0.336 e. The Kier molecular flexibility index (Phi) is 16.3. The summed E-state index contributed by atoms with van der Waals surface area (Å²) in [6.45, 7) is 1.85. The number of benzene rings is 2. The van der Waals surface area contributed by atoms with Crippen molar-refractivity contribution < 1.29 is 24.2 Å². The van der Waals surface area contributed by atoms with Crippen molar-refractivity contribution in [1.29, 1.82) is 0 Å². The predicted octanol–water partition coefficient (Wildman–Crippen LogP) is 11.0. The molecule has 2 aromatic carbocycles. The maximum Gasteiger partial charge on any atom is 0.336 e. The Labute approximate surface area is 339 Å². The fourth-order valence-corrected chi connectivity index (χ4v) is 10.9. The summed E-state index contributed by atoms with van der Waals surface area (Å²) in [7, 11) is 0. The molecular formula is C45H64Cl2N2O6. The first kappa shape index (κ1) is 43.5. The molecule has 0 amide bonds. The molecule has 304 valence electrons. The van der Waals surface area contributed by atoms with Gasteiger partial charge in [-0.2, -0.15) is 0 Å². The predicted molar refractivity (Wildman–Crippen MR) is 226 cm³/mol. The van der Waals surface area contributed by atoms with Gasteiger partial charge in [-0.15, -0.1) is 24.8 Å². The van der Waals surface area contributed by atoms with E-state index >= 15 is 0 Å². The van der Waals surface area contributed by atoms with Crippen LogP contribution in [0.4, 0.5) is 0 Å². The third-order valence-electron chi connectivity index (χ3n) is 13.5. The van der Waals surface area contributed by atoms with E-state index in [-0.39, 0.29) is 46.8 Å². The summed E-state index contributed by atoms with van der Waals surface area (Å²) >= 11 is 0. The Balaban J connectivity index is 0.00000290. The van der Waals surface area contributed by atoms with E-state index in [0.717, 1.165) is 31.5 Å². The summed E-state index contributed by atoms with van der Waals surface area (Å²) in [4.78, 5) is 45.1. The first-order valence-corrected chi connectivity index (χ1v) is 21.4. The highest BCUT2D eigenvalue weighted by Gasteiger charge is 2.31. The first-order chi connectivity index (χ1) is 25.9. The molecule has 1 heterocycles. The summed E-state index contributed by atoms with van der Waals surface area (Å²) in [6.07, 6.45) is 28.2. The molecule has 0 radical (unpaired) electrons. The van der Waals surface area contributed by atoms with Gasteiger partial charge < -0.3 is 14.6 Å². The van der Waals surface area contributed by atoms with Gasteiger partial charge in [0.1, 0.15) is 11.2 Å². The van der Waals surface area contributed by atoms with E-state index in [0.29, 0.717) is 59.1 Å². The average Bonchev–Trinajstić information content (AvgIpc) is 3.19. The minimum absolute atomic E-state index is 0. The van der Waals surface area contributed by atoms with Crippen LogP contribution in [0.5, 0.6) is 0 Å². The van der Waals surface area contributed by atoms with Crippen molar-refractivity contribution in [3.05, 3.63) is 56.7 Å². The van der Waals surface area contributed by atoms with E-state index in [1.54, 1.807) is 6.07 Å². The molecule has 0 atom stereocenters. The molecule has 2 N–H and O–H groups in total. The molecule has 8 nitrogen and oxygen atoms in total. The van der Waals surface area contributed by atoms with Crippen molar-refractivity contribution in [2.75, 3.05) is 13.1 Å². The fourth-order valence-electron chi connectivity index (χ4n) is 10.9. The molecule has 4 aliphatic carbocycles. The van der Waals surface area contributed by atoms with Gasteiger partial charge in [0.05, 0.1) is 21.9 Å². The second-order valence-electron chi connectivity index (χ2n) is 16.9. The number of hydrogen-bond donors (Lipinski definition) is 2. The number of fused-ring (bicyclic) bond motifs is 2. The minimum atomic E-state index is -1.12. The van der Waals surface area contributed by atoms with Crippen LogP contribution in [-0.4, -0.2) is 69.2 Å². The molecule has 0 spiro atoms. The fraction of sp³-hybridized carbons (Fsp3) is 0.667. The standard InChI is InChI=1S/C45H62N2O6.2ClH/c48-43-38-29-32(44(49)50)25-26-39(38)53-40-30-31(15-13-27-46(33-16-5-1-6-17-33)34-18-7-2-8-19-34)41(45(51)52)37(42(40)43)24-14-28-47(35-20-9-3-10-21-35)36-22-11-4-12-23-36;;/h25-26,29-30,33-36H,1-24,27-28H2,(H,49,50)(H,51,52);2*1H. The molecule has 4 aliphatic rings. The zero-order valence-electron chi connectivity index (χ0n) is 32.7. The molecule has 7 rings (SSSR count). The van der Waals surface area contributed by atoms with Crippen molar-refractivity contribution in [1.82, 2.24) is 9.80 Å². The summed E-state index contributed by atoms with van der Waals surface area (Å²) < 4.78 is 6.41. The van der Waals surface area contributed by atoms with Gasteiger partial charge in [0.2, 0.25) is 5.43 Å². The van der Waals surface area contributed by atoms with E-state index < -0.39 is 11.9 Å². The highest BCUT2D eigenvalue weighted by molar-refractivity contribution is 6.02. The number of carboxylic acids is 2. The summed E-state index contributed by atoms with van der Waals surface area (Å²) in [5.41, 5.74) is 1.96. The zero-order valence-corrected chi connectivity index (χ0v) is 34.4. The summed E-state index contributed by atoms with van der Waals surface area (Å²) in [6, 6.07) is 8.60. The molecule has 1 aromatic heterocycles. The van der Waals surface area contributed by atoms with Gasteiger partial charge in [-0.25, -0.2) is 9.59 Å². The molecule has 0 aliphatic heterocycles. The number of carbonyl (C=O) groups is 2. The monoisotopic (exact) mass is 798 g/mol. The molecule has 4 fully saturated rings. The number of aromatic carboxylic acids is 2. The van der Waals surface area contributed by atoms with E-state index in [2.05, 4.69) is 9.80 Å². The third-order valence-corrected chi connectivity index (χ3v) is 13.5. The van der Waals surface area contributed by atoms with Gasteiger partial charge in [0.25, 0.3) is 0 Å². The van der Waals surface area contributed by atoms with Crippen LogP contribution in [0.2, 0.25) is 0 Å². The molecule has 55 heavy (non-hydrogen) atoms. The highest BCUT2D eigenvalue weighted by Crippen LogP contribution is 2.34. The van der Waals surface area contributed by atoms with Crippen molar-refractivity contribution >= 4 is 58.7 Å². The van der Waals surface area contributed by atoms with Gasteiger partial charge in [-0.1, -0.05) is 77.0 Å². The zero-order chi connectivity index (χ0) is 36.7. The molecule has 3 aromatic rings. The summed E-state index contributed by atoms with van der Waals surface area (Å²) in [5, 5.41) is 21.1. The van der Waals surface area contributed by atoms with E-state index in [4.69, 9.17) is 4.42 Å². The number of nitrogens with zero attached hydrogens (tertiary/aromatic N) is 2. The van der Waals surface area contributed by atoms with Gasteiger partial charge in [-0.05, 0) is 126 Å². The lowest BCUT2D eigenvalue weighted by Gasteiger charge is -2.42. The minimum Gasteiger partial charge on any atom is -0.478 e. The van der Waals surface area contributed by atoms with Crippen molar-refractivity contribution in [3.63, 3.8) is 0 Å². The van der Waals surface area contributed by atoms with Crippen LogP contribution < -0.4 is 5.43 Å². The molecular weight excluding hydrogens is 735 g/mol. The normalized spacial score (nSPS) is 19.5. The van der Waals surface area contributed by atoms with Gasteiger partial charge in [0.15, 0.2) is 0 Å². The Morgan fingerprint density at radius 2 is 1.05 bits per heavy atom. The number of aryl methyl sites for hydroxylation is 2. The van der Waals surface area contributed by atoms with E-state index in [1.807, 2.05) is 6.07 Å². The number of hydrogen-bond acceptors (Lipinski definition) is 6. The maximum absolute atomic E-state index is 14.4. The molecule has 0 bridgehead atoms. The number of rotatable bonds is 14. The van der Waals surface area contributed by atoms with Crippen molar-refractivity contribution in [2.45, 2.75) is 178 Å². The van der Waals surface area contributed by atoms with Crippen LogP contribution >= 0.6 is 24.8 Å². The third kappa shape index (κ3) is 10.3.